The van der Waals surface area contributed by atoms with Gasteiger partial charge in [-0.15, -0.1) is 12.4 Å². The van der Waals surface area contributed by atoms with Crippen LogP contribution in [0, 0.1) is 0 Å². The molecular weight excluding hydrogens is 235 g/mol. The molecular formula is C8H13ClF3NO2. The Morgan fingerprint density at radius 3 is 2.47 bits per heavy atom. The van der Waals surface area contributed by atoms with Gasteiger partial charge in [0.05, 0.1) is 6.54 Å². The van der Waals surface area contributed by atoms with Gasteiger partial charge in [0.25, 0.3) is 0 Å². The number of alkyl halides is 3. The molecule has 1 unspecified atom stereocenters. The fourth-order valence-corrected chi connectivity index (χ4v) is 1.69. The molecule has 1 aliphatic heterocycles. The third-order valence-corrected chi connectivity index (χ3v) is 2.28. The highest BCUT2D eigenvalue weighted by molar-refractivity contribution is 5.85. The van der Waals surface area contributed by atoms with Crippen molar-refractivity contribution in [1.82, 2.24) is 4.90 Å². The van der Waals surface area contributed by atoms with Gasteiger partial charge in [0.1, 0.15) is 6.04 Å². The van der Waals surface area contributed by atoms with Gasteiger partial charge in [0, 0.05) is 0 Å². The summed E-state index contributed by atoms with van der Waals surface area (Å²) < 4.78 is 36.1. The molecule has 0 aromatic rings. The van der Waals surface area contributed by atoms with E-state index in [-0.39, 0.29) is 19.0 Å². The minimum atomic E-state index is -4.31. The molecule has 1 heterocycles. The van der Waals surface area contributed by atoms with Crippen LogP contribution in [0.4, 0.5) is 13.2 Å². The van der Waals surface area contributed by atoms with Crippen LogP contribution in [0.3, 0.4) is 0 Å². The number of carboxylic acid groups (broad SMARTS) is 1. The van der Waals surface area contributed by atoms with Crippen LogP contribution in [0.1, 0.15) is 19.3 Å². The third kappa shape index (κ3) is 4.70. The van der Waals surface area contributed by atoms with Gasteiger partial charge in [-0.3, -0.25) is 9.69 Å². The van der Waals surface area contributed by atoms with E-state index in [2.05, 4.69) is 0 Å². The zero-order chi connectivity index (χ0) is 10.8. The summed E-state index contributed by atoms with van der Waals surface area (Å²) in [5.41, 5.74) is 0. The van der Waals surface area contributed by atoms with Crippen LogP contribution in [0.5, 0.6) is 0 Å². The van der Waals surface area contributed by atoms with E-state index >= 15 is 0 Å². The standard InChI is InChI=1S/C8H12F3NO2.ClH/c9-8(10,11)5-12-4-2-1-3-6(12)7(13)14;/h6H,1-5H2,(H,13,14);1H. The van der Waals surface area contributed by atoms with E-state index in [4.69, 9.17) is 5.11 Å². The van der Waals surface area contributed by atoms with Gasteiger partial charge in [0.15, 0.2) is 0 Å². The van der Waals surface area contributed by atoms with Crippen molar-refractivity contribution in [2.24, 2.45) is 0 Å². The Labute approximate surface area is 91.7 Å². The zero-order valence-electron chi connectivity index (χ0n) is 7.96. The van der Waals surface area contributed by atoms with E-state index in [1.807, 2.05) is 0 Å². The molecule has 0 spiro atoms. The van der Waals surface area contributed by atoms with E-state index < -0.39 is 24.7 Å². The molecule has 0 bridgehead atoms. The van der Waals surface area contributed by atoms with Gasteiger partial charge < -0.3 is 5.11 Å². The molecule has 1 atom stereocenters. The normalized spacial score (nSPS) is 23.3. The van der Waals surface area contributed by atoms with Crippen LogP contribution in [0.25, 0.3) is 0 Å². The minimum absolute atomic E-state index is 0. The van der Waals surface area contributed by atoms with Gasteiger partial charge in [-0.05, 0) is 19.4 Å². The Kier molecular flexibility index (Phi) is 5.37. The van der Waals surface area contributed by atoms with Crippen LogP contribution < -0.4 is 0 Å². The number of aliphatic carboxylic acids is 1. The molecule has 0 aliphatic carbocycles. The Morgan fingerprint density at radius 1 is 1.40 bits per heavy atom. The van der Waals surface area contributed by atoms with Crippen molar-refractivity contribution in [2.45, 2.75) is 31.5 Å². The van der Waals surface area contributed by atoms with Crippen molar-refractivity contribution in [2.75, 3.05) is 13.1 Å². The number of hydrogen-bond acceptors (Lipinski definition) is 2. The predicted molar refractivity (Wildman–Crippen MR) is 50.2 cm³/mol. The van der Waals surface area contributed by atoms with E-state index in [0.29, 0.717) is 19.3 Å². The summed E-state index contributed by atoms with van der Waals surface area (Å²) in [5.74, 6) is -1.16. The van der Waals surface area contributed by atoms with Crippen molar-refractivity contribution >= 4 is 18.4 Å². The van der Waals surface area contributed by atoms with E-state index in [0.717, 1.165) is 4.90 Å². The highest BCUT2D eigenvalue weighted by Gasteiger charge is 2.37. The Morgan fingerprint density at radius 2 is 2.00 bits per heavy atom. The summed E-state index contributed by atoms with van der Waals surface area (Å²) in [7, 11) is 0. The highest BCUT2D eigenvalue weighted by atomic mass is 35.5. The van der Waals surface area contributed by atoms with Gasteiger partial charge in [-0.2, -0.15) is 13.2 Å². The molecule has 15 heavy (non-hydrogen) atoms. The van der Waals surface area contributed by atoms with Gasteiger partial charge >= 0.3 is 12.1 Å². The Hall–Kier alpha value is -0.490. The molecule has 7 heteroatoms. The lowest BCUT2D eigenvalue weighted by Crippen LogP contribution is -2.48. The van der Waals surface area contributed by atoms with Gasteiger partial charge in [-0.1, -0.05) is 6.42 Å². The first kappa shape index (κ1) is 14.5. The van der Waals surface area contributed by atoms with Crippen LogP contribution in [-0.4, -0.2) is 41.3 Å². The topological polar surface area (TPSA) is 40.5 Å². The van der Waals surface area contributed by atoms with Crippen molar-refractivity contribution in [1.29, 1.82) is 0 Å². The monoisotopic (exact) mass is 247 g/mol. The van der Waals surface area contributed by atoms with E-state index in [9.17, 15) is 18.0 Å². The fraction of sp³-hybridized carbons (Fsp3) is 0.875. The number of piperidine rings is 1. The first-order chi connectivity index (χ1) is 6.40. The van der Waals surface area contributed by atoms with Crippen molar-refractivity contribution in [3.63, 3.8) is 0 Å². The number of nitrogens with zero attached hydrogens (tertiary/aromatic N) is 1. The molecule has 1 aliphatic rings. The average molecular weight is 248 g/mol. The number of hydrogen-bond donors (Lipinski definition) is 1. The van der Waals surface area contributed by atoms with E-state index in [1.54, 1.807) is 0 Å². The quantitative estimate of drug-likeness (QED) is 0.810. The summed E-state index contributed by atoms with van der Waals surface area (Å²) in [4.78, 5) is 11.6. The molecule has 1 rings (SSSR count). The molecule has 0 radical (unpaired) electrons. The maximum absolute atomic E-state index is 12.0. The summed E-state index contributed by atoms with van der Waals surface area (Å²) >= 11 is 0. The van der Waals surface area contributed by atoms with Crippen LogP contribution >= 0.6 is 12.4 Å². The largest absolute Gasteiger partial charge is 0.480 e. The number of halogens is 4. The molecule has 90 valence electrons. The molecule has 1 fully saturated rings. The minimum Gasteiger partial charge on any atom is -0.480 e. The number of likely N-dealkylation sites (tertiary alicyclic amines) is 1. The summed E-state index contributed by atoms with van der Waals surface area (Å²) in [5, 5.41) is 8.70. The predicted octanol–water partition coefficient (Wildman–Crippen LogP) is 1.91. The number of rotatable bonds is 2. The lowest BCUT2D eigenvalue weighted by molar-refractivity contribution is -0.164. The SMILES string of the molecule is Cl.O=C(O)C1CCCCN1CC(F)(F)F. The Bertz CT molecular complexity index is 222. The molecule has 0 aromatic carbocycles. The van der Waals surface area contributed by atoms with Crippen LogP contribution in [0.15, 0.2) is 0 Å². The molecule has 1 saturated heterocycles. The van der Waals surface area contributed by atoms with Gasteiger partial charge in [0.2, 0.25) is 0 Å². The fourth-order valence-electron chi connectivity index (χ4n) is 1.69. The second-order valence-electron chi connectivity index (χ2n) is 3.44. The first-order valence-electron chi connectivity index (χ1n) is 4.44. The second-order valence-corrected chi connectivity index (χ2v) is 3.44. The molecule has 0 aromatic heterocycles. The highest BCUT2D eigenvalue weighted by Crippen LogP contribution is 2.23. The summed E-state index contributed by atoms with van der Waals surface area (Å²) in [6.07, 6.45) is -2.68. The van der Waals surface area contributed by atoms with E-state index in [1.165, 1.54) is 0 Å². The van der Waals surface area contributed by atoms with Crippen molar-refractivity contribution in [3.8, 4) is 0 Å². The maximum Gasteiger partial charge on any atom is 0.401 e. The Balaban J connectivity index is 0.00000196. The molecule has 3 nitrogen and oxygen atoms in total. The summed E-state index contributed by atoms with van der Waals surface area (Å²) in [6, 6.07) is -0.967. The number of carbonyl (C=O) groups is 1. The third-order valence-electron chi connectivity index (χ3n) is 2.28. The summed E-state index contributed by atoms with van der Waals surface area (Å²) in [6.45, 7) is -0.902. The maximum atomic E-state index is 12.0. The molecule has 0 saturated carbocycles. The average Bonchev–Trinajstić information content (AvgIpc) is 2.01. The zero-order valence-corrected chi connectivity index (χ0v) is 8.77. The first-order valence-corrected chi connectivity index (χ1v) is 4.44. The lowest BCUT2D eigenvalue weighted by Gasteiger charge is -2.33. The van der Waals surface area contributed by atoms with Gasteiger partial charge in [-0.25, -0.2) is 0 Å². The van der Waals surface area contributed by atoms with Crippen LogP contribution in [0.2, 0.25) is 0 Å². The molecule has 0 amide bonds. The van der Waals surface area contributed by atoms with Crippen LogP contribution in [-0.2, 0) is 4.79 Å². The smallest absolute Gasteiger partial charge is 0.401 e. The lowest BCUT2D eigenvalue weighted by atomic mass is 10.0. The van der Waals surface area contributed by atoms with Crippen molar-refractivity contribution in [3.05, 3.63) is 0 Å². The number of carboxylic acids is 1. The second kappa shape index (κ2) is 5.55. The van der Waals surface area contributed by atoms with Crippen molar-refractivity contribution < 1.29 is 23.1 Å². The molecule has 1 N–H and O–H groups in total.